The van der Waals surface area contributed by atoms with Gasteiger partial charge in [-0.05, 0) is 51.1 Å². The van der Waals surface area contributed by atoms with E-state index in [0.29, 0.717) is 28.3 Å². The molecule has 0 N–H and O–H groups in total. The van der Waals surface area contributed by atoms with E-state index in [1.807, 2.05) is 0 Å². The van der Waals surface area contributed by atoms with Gasteiger partial charge in [-0.2, -0.15) is 5.10 Å². The van der Waals surface area contributed by atoms with Crippen molar-refractivity contribution in [1.82, 2.24) is 5.01 Å². The number of fused-ring (bicyclic) bond motifs is 5. The molecule has 11 heteroatoms. The maximum absolute atomic E-state index is 13.7. The molecule has 3 aliphatic rings. The van der Waals surface area contributed by atoms with Crippen LogP contribution in [0.2, 0.25) is 0 Å². The highest BCUT2D eigenvalue weighted by Crippen LogP contribution is 2.52. The lowest BCUT2D eigenvalue weighted by Crippen LogP contribution is -2.41. The number of methoxy groups -OCH3 is 1. The van der Waals surface area contributed by atoms with E-state index < -0.39 is 23.6 Å². The van der Waals surface area contributed by atoms with Crippen LogP contribution in [0.1, 0.15) is 31.9 Å². The number of carbonyl (C=O) groups excluding carboxylic acids is 3. The maximum atomic E-state index is 13.7. The van der Waals surface area contributed by atoms with Crippen molar-refractivity contribution in [3.63, 3.8) is 0 Å². The third-order valence-corrected chi connectivity index (χ3v) is 6.39. The highest BCUT2D eigenvalue weighted by molar-refractivity contribution is 6.52. The number of ether oxygens (including phenoxy) is 5. The van der Waals surface area contributed by atoms with E-state index in [1.54, 1.807) is 69.3 Å². The van der Waals surface area contributed by atoms with Gasteiger partial charge in [0.2, 0.25) is 5.76 Å². The minimum Gasteiger partial charge on any atom is -0.497 e. The molecule has 1 unspecified atom stereocenters. The second kappa shape index (κ2) is 10.7. The lowest BCUT2D eigenvalue weighted by atomic mass is 9.84. The summed E-state index contributed by atoms with van der Waals surface area (Å²) >= 11 is 0. The van der Waals surface area contributed by atoms with E-state index in [0.717, 1.165) is 0 Å². The summed E-state index contributed by atoms with van der Waals surface area (Å²) in [5.41, 5.74) is -0.251. The van der Waals surface area contributed by atoms with Gasteiger partial charge in [-0.3, -0.25) is 0 Å². The van der Waals surface area contributed by atoms with Crippen molar-refractivity contribution in [2.45, 2.75) is 26.5 Å². The zero-order chi connectivity index (χ0) is 28.4. The van der Waals surface area contributed by atoms with Crippen LogP contribution < -0.4 is 4.74 Å². The van der Waals surface area contributed by atoms with Crippen molar-refractivity contribution >= 4 is 35.0 Å². The van der Waals surface area contributed by atoms with Gasteiger partial charge < -0.3 is 23.7 Å². The summed E-state index contributed by atoms with van der Waals surface area (Å²) in [4.78, 5) is 44.5. The minimum atomic E-state index is -1.70. The number of hydrogen-bond acceptors (Lipinski definition) is 11. The summed E-state index contributed by atoms with van der Waals surface area (Å²) in [6.45, 7) is 5.17. The first kappa shape index (κ1) is 26.7. The molecule has 0 spiro atoms. The molecule has 0 aliphatic carbocycles. The second-order valence-corrected chi connectivity index (χ2v) is 8.65. The number of aliphatic imine (C=N–C) groups is 1. The quantitative estimate of drug-likeness (QED) is 0.362. The Morgan fingerprint density at radius 2 is 1.52 bits per heavy atom. The molecule has 0 saturated carbocycles. The molecule has 206 valence electrons. The average molecular weight is 546 g/mol. The topological polar surface area (TPSA) is 125 Å². The van der Waals surface area contributed by atoms with Crippen molar-refractivity contribution in [3.05, 3.63) is 82.8 Å². The van der Waals surface area contributed by atoms with Gasteiger partial charge in [0.05, 0.1) is 44.4 Å². The number of nitrogens with zero attached hydrogens (tertiary/aromatic N) is 3. The first-order valence-electron chi connectivity index (χ1n) is 12.8. The van der Waals surface area contributed by atoms with Crippen LogP contribution in [-0.2, 0) is 39.1 Å². The van der Waals surface area contributed by atoms with E-state index in [2.05, 4.69) is 4.99 Å². The molecule has 0 saturated heterocycles. The summed E-state index contributed by atoms with van der Waals surface area (Å²) in [5, 5.41) is 6.25. The molecule has 40 heavy (non-hydrogen) atoms. The molecular weight excluding hydrogens is 518 g/mol. The fraction of sp³-hybridized carbons (Fsp3) is 0.276. The van der Waals surface area contributed by atoms with Crippen LogP contribution >= 0.6 is 0 Å². The third-order valence-electron chi connectivity index (χ3n) is 6.39. The summed E-state index contributed by atoms with van der Waals surface area (Å²) in [6.07, 6.45) is 1.41. The molecule has 2 aromatic rings. The zero-order valence-electron chi connectivity index (χ0n) is 22.4. The van der Waals surface area contributed by atoms with Crippen LogP contribution in [0.4, 0.5) is 5.69 Å². The van der Waals surface area contributed by atoms with Gasteiger partial charge in [0.15, 0.2) is 5.71 Å². The lowest BCUT2D eigenvalue weighted by molar-refractivity contribution is -0.146. The first-order chi connectivity index (χ1) is 19.4. The predicted octanol–water partition coefficient (Wildman–Crippen LogP) is 3.51. The number of hydrogen-bond donors (Lipinski definition) is 0. The van der Waals surface area contributed by atoms with Crippen molar-refractivity contribution in [2.75, 3.05) is 26.9 Å². The molecule has 2 aromatic carbocycles. The van der Waals surface area contributed by atoms with Gasteiger partial charge in [-0.1, -0.05) is 18.2 Å². The Morgan fingerprint density at radius 1 is 0.875 bits per heavy atom. The van der Waals surface area contributed by atoms with Crippen molar-refractivity contribution in [3.8, 4) is 5.75 Å². The Bertz CT molecular complexity index is 1510. The predicted molar refractivity (Wildman–Crippen MR) is 143 cm³/mol. The van der Waals surface area contributed by atoms with Crippen LogP contribution in [0.25, 0.3) is 0 Å². The summed E-state index contributed by atoms with van der Waals surface area (Å²) < 4.78 is 27.7. The second-order valence-electron chi connectivity index (χ2n) is 8.65. The highest BCUT2D eigenvalue weighted by Gasteiger charge is 2.59. The number of para-hydroxylation sites is 1. The molecule has 0 radical (unpaired) electrons. The van der Waals surface area contributed by atoms with Crippen molar-refractivity contribution in [1.29, 1.82) is 0 Å². The molecule has 11 nitrogen and oxygen atoms in total. The van der Waals surface area contributed by atoms with Gasteiger partial charge >= 0.3 is 17.9 Å². The smallest absolute Gasteiger partial charge is 0.375 e. The fourth-order valence-electron chi connectivity index (χ4n) is 4.76. The fourth-order valence-corrected chi connectivity index (χ4v) is 4.76. The van der Waals surface area contributed by atoms with E-state index in [1.165, 1.54) is 18.3 Å². The van der Waals surface area contributed by atoms with Gasteiger partial charge in [0, 0.05) is 11.1 Å². The molecule has 0 bridgehead atoms. The van der Waals surface area contributed by atoms with Crippen LogP contribution in [0.15, 0.2) is 81.7 Å². The van der Waals surface area contributed by atoms with Gasteiger partial charge in [0.1, 0.15) is 17.0 Å². The number of esters is 3. The van der Waals surface area contributed by atoms with Gasteiger partial charge in [-0.15, -0.1) is 0 Å². The van der Waals surface area contributed by atoms with Crippen molar-refractivity contribution < 1.29 is 38.1 Å². The number of rotatable bonds is 8. The van der Waals surface area contributed by atoms with Crippen LogP contribution in [0.3, 0.4) is 0 Å². The summed E-state index contributed by atoms with van der Waals surface area (Å²) in [6, 6.07) is 13.9. The van der Waals surface area contributed by atoms with Crippen LogP contribution in [0, 0.1) is 0 Å². The standard InChI is InChI=1S/C29H27N3O8/c1-5-37-26(33)21-16-32-29(40-21,17-12-14-18(36-4)15-13-17)23-22(27(34)38-6-2)25(28(35)39-7-3)30-20-11-9-8-10-19(20)24(23)31-32/h8-16H,5-7H2,1-4H3. The SMILES string of the molecule is CCOC(=O)C1=CN2N=C3C(=C(C(=O)OCC)C(C(=O)OCC)=Nc4ccccc43)C2(c2ccc(OC)cc2)O1. The number of benzene rings is 2. The molecule has 0 amide bonds. The van der Waals surface area contributed by atoms with Crippen LogP contribution in [0.5, 0.6) is 5.75 Å². The van der Waals surface area contributed by atoms with Gasteiger partial charge in [0.25, 0.3) is 5.72 Å². The normalized spacial score (nSPS) is 18.7. The molecule has 3 heterocycles. The average Bonchev–Trinajstić information content (AvgIpc) is 3.43. The van der Waals surface area contributed by atoms with E-state index >= 15 is 0 Å². The molecule has 0 fully saturated rings. The Morgan fingerprint density at radius 3 is 2.20 bits per heavy atom. The van der Waals surface area contributed by atoms with E-state index in [9.17, 15) is 14.4 Å². The molecule has 3 aliphatic heterocycles. The van der Waals surface area contributed by atoms with E-state index in [4.69, 9.17) is 28.8 Å². The molecule has 1 atom stereocenters. The zero-order valence-corrected chi connectivity index (χ0v) is 22.4. The molecule has 0 aromatic heterocycles. The monoisotopic (exact) mass is 545 g/mol. The lowest BCUT2D eigenvalue weighted by Gasteiger charge is -2.33. The minimum absolute atomic E-state index is 0.0254. The Hall–Kier alpha value is -4.93. The third kappa shape index (κ3) is 4.19. The van der Waals surface area contributed by atoms with Crippen molar-refractivity contribution in [2.24, 2.45) is 10.1 Å². The largest absolute Gasteiger partial charge is 0.497 e. The Kier molecular flexibility index (Phi) is 7.12. The van der Waals surface area contributed by atoms with Crippen LogP contribution in [-0.4, -0.2) is 61.3 Å². The first-order valence-corrected chi connectivity index (χ1v) is 12.8. The maximum Gasteiger partial charge on any atom is 0.375 e. The van der Waals surface area contributed by atoms with E-state index in [-0.39, 0.29) is 42.4 Å². The number of carbonyl (C=O) groups is 3. The highest BCUT2D eigenvalue weighted by atomic mass is 16.6. The number of hydrazone groups is 1. The Labute approximate surface area is 230 Å². The summed E-state index contributed by atoms with van der Waals surface area (Å²) in [5.74, 6) is -1.93. The molecular formula is C29H27N3O8. The van der Waals surface area contributed by atoms with Gasteiger partial charge in [-0.25, -0.2) is 24.4 Å². The Balaban J connectivity index is 1.87. The molecule has 5 rings (SSSR count). The summed E-state index contributed by atoms with van der Waals surface area (Å²) in [7, 11) is 1.54.